The lowest BCUT2D eigenvalue weighted by atomic mass is 10.1. The average molecular weight is 1040 g/mol. The van der Waals surface area contributed by atoms with Gasteiger partial charge in [0.2, 0.25) is 0 Å². The lowest BCUT2D eigenvalue weighted by molar-refractivity contribution is -0.167. The number of allylic oxidation sites excluding steroid dienone is 24. The zero-order valence-corrected chi connectivity index (χ0v) is 48.3. The Labute approximate surface area is 461 Å². The average Bonchev–Trinajstić information content (AvgIpc) is 3.41. The van der Waals surface area contributed by atoms with Crippen LogP contribution in [0.4, 0.5) is 0 Å². The van der Waals surface area contributed by atoms with Crippen molar-refractivity contribution < 1.29 is 28.6 Å². The van der Waals surface area contributed by atoms with E-state index in [1.54, 1.807) is 0 Å². The quantitative estimate of drug-likeness (QED) is 0.0261. The first-order chi connectivity index (χ1) is 37.0. The fourth-order valence-corrected chi connectivity index (χ4v) is 7.81. The smallest absolute Gasteiger partial charge is 0.306 e. The summed E-state index contributed by atoms with van der Waals surface area (Å²) in [5, 5.41) is 0. The molecule has 0 fully saturated rings. The van der Waals surface area contributed by atoms with E-state index in [0.717, 1.165) is 161 Å². The second-order valence-corrected chi connectivity index (χ2v) is 19.5. The third-order valence-corrected chi connectivity index (χ3v) is 12.3. The van der Waals surface area contributed by atoms with Gasteiger partial charge >= 0.3 is 17.9 Å². The van der Waals surface area contributed by atoms with Crippen LogP contribution in [0.3, 0.4) is 0 Å². The van der Waals surface area contributed by atoms with Crippen LogP contribution in [0.25, 0.3) is 0 Å². The third-order valence-electron chi connectivity index (χ3n) is 12.3. The molecule has 0 aliphatic carbocycles. The molecule has 0 aromatic carbocycles. The van der Waals surface area contributed by atoms with Crippen molar-refractivity contribution in [1.82, 2.24) is 0 Å². The van der Waals surface area contributed by atoms with E-state index in [2.05, 4.69) is 167 Å². The number of ether oxygens (including phenoxy) is 3. The molecule has 0 aromatic heterocycles. The molecule has 0 N–H and O–H groups in total. The predicted molar refractivity (Wildman–Crippen MR) is 325 cm³/mol. The monoisotopic (exact) mass is 1030 g/mol. The Morgan fingerprint density at radius 3 is 0.827 bits per heavy atom. The first kappa shape index (κ1) is 70.3. The largest absolute Gasteiger partial charge is 0.462 e. The minimum Gasteiger partial charge on any atom is -0.462 e. The Morgan fingerprint density at radius 1 is 0.280 bits per heavy atom. The second kappa shape index (κ2) is 61.8. The molecule has 0 bridgehead atoms. The van der Waals surface area contributed by atoms with Crippen LogP contribution >= 0.6 is 0 Å². The summed E-state index contributed by atoms with van der Waals surface area (Å²) in [4.78, 5) is 38.2. The normalized spacial score (nSPS) is 13.2. The van der Waals surface area contributed by atoms with Gasteiger partial charge in [-0.1, -0.05) is 244 Å². The summed E-state index contributed by atoms with van der Waals surface area (Å²) in [5.74, 6) is -0.949. The van der Waals surface area contributed by atoms with Gasteiger partial charge in [-0.3, -0.25) is 14.4 Å². The van der Waals surface area contributed by atoms with Crippen LogP contribution in [-0.4, -0.2) is 37.2 Å². The maximum atomic E-state index is 12.9. The van der Waals surface area contributed by atoms with Crippen molar-refractivity contribution in [3.05, 3.63) is 146 Å². The summed E-state index contributed by atoms with van der Waals surface area (Å²) in [5.41, 5.74) is 0. The van der Waals surface area contributed by atoms with E-state index in [1.165, 1.54) is 51.4 Å². The van der Waals surface area contributed by atoms with Gasteiger partial charge in [0, 0.05) is 19.3 Å². The van der Waals surface area contributed by atoms with E-state index in [-0.39, 0.29) is 31.1 Å². The van der Waals surface area contributed by atoms with Crippen LogP contribution in [0.1, 0.15) is 252 Å². The van der Waals surface area contributed by atoms with Crippen LogP contribution < -0.4 is 0 Å². The number of hydrogen-bond acceptors (Lipinski definition) is 6. The fourth-order valence-electron chi connectivity index (χ4n) is 7.81. The molecular formula is C69H110O6. The summed E-state index contributed by atoms with van der Waals surface area (Å²) in [6.07, 6.45) is 88.5. The molecular weight excluding hydrogens is 925 g/mol. The van der Waals surface area contributed by atoms with E-state index < -0.39 is 6.10 Å². The van der Waals surface area contributed by atoms with Gasteiger partial charge in [0.05, 0.1) is 0 Å². The van der Waals surface area contributed by atoms with Gasteiger partial charge in [-0.2, -0.15) is 0 Å². The number of carbonyl (C=O) groups excluding carboxylic acids is 3. The Balaban J connectivity index is 4.38. The van der Waals surface area contributed by atoms with Gasteiger partial charge in [0.25, 0.3) is 0 Å². The van der Waals surface area contributed by atoms with Crippen LogP contribution in [-0.2, 0) is 28.6 Å². The summed E-state index contributed by atoms with van der Waals surface area (Å²) >= 11 is 0. The topological polar surface area (TPSA) is 78.9 Å². The van der Waals surface area contributed by atoms with Gasteiger partial charge in [-0.15, -0.1) is 0 Å². The molecule has 0 saturated carbocycles. The molecule has 0 saturated heterocycles. The SMILES string of the molecule is CC/C=C\C/C=C\C/C=C\C/C=C\C/C=C\C/C=C\C/C=C\C/C=C\CCCCCCC(=O)OCC(COC(=O)CCCCCCC/C=C\CCCC)OC(=O)CCCCCCCCC/C=C\C/C=C\C/C=C\CC. The molecule has 1 atom stereocenters. The van der Waals surface area contributed by atoms with E-state index in [0.29, 0.717) is 19.3 Å². The first-order valence-electron chi connectivity index (χ1n) is 30.3. The fraction of sp³-hybridized carbons (Fsp3) is 0.609. The van der Waals surface area contributed by atoms with E-state index >= 15 is 0 Å². The standard InChI is InChI=1S/C69H110O6/c1-4-7-10-13-16-19-22-24-26-28-29-30-31-32-33-34-35-36-37-38-39-41-42-44-47-50-53-56-59-62-68(71)74-65-66(64-73-67(70)61-58-55-52-49-46-21-18-15-12-9-6-3)75-69(72)63-60-57-54-51-48-45-43-40-27-25-23-20-17-14-11-8-5-2/h7-8,10-11,15-20,24-27,29-30,32-33,35-36,38-39,42,44,66H,4-6,9,12-14,21-23,28,31,34,37,40-41,43,45-65H2,1-3H3/b10-7-,11-8-,18-15-,19-16-,20-17-,26-24-,27-25-,30-29-,33-32-,36-35-,39-38-,44-42-. The molecule has 6 nitrogen and oxygen atoms in total. The van der Waals surface area contributed by atoms with Crippen molar-refractivity contribution in [2.24, 2.45) is 0 Å². The molecule has 422 valence electrons. The van der Waals surface area contributed by atoms with Crippen LogP contribution in [0.2, 0.25) is 0 Å². The zero-order chi connectivity index (χ0) is 54.3. The van der Waals surface area contributed by atoms with Gasteiger partial charge in [0.15, 0.2) is 6.10 Å². The van der Waals surface area contributed by atoms with E-state index in [9.17, 15) is 14.4 Å². The molecule has 0 amide bonds. The lowest BCUT2D eigenvalue weighted by Gasteiger charge is -2.18. The first-order valence-corrected chi connectivity index (χ1v) is 30.3. The summed E-state index contributed by atoms with van der Waals surface area (Å²) < 4.78 is 16.8. The third kappa shape index (κ3) is 60.0. The highest BCUT2D eigenvalue weighted by atomic mass is 16.6. The molecule has 0 radical (unpaired) electrons. The minimum atomic E-state index is -0.804. The molecule has 1 unspecified atom stereocenters. The number of esters is 3. The Kier molecular flexibility index (Phi) is 58.0. The molecule has 6 heteroatoms. The van der Waals surface area contributed by atoms with E-state index in [4.69, 9.17) is 14.2 Å². The van der Waals surface area contributed by atoms with Gasteiger partial charge in [0.1, 0.15) is 13.2 Å². The van der Waals surface area contributed by atoms with Gasteiger partial charge in [-0.05, 0) is 135 Å². The maximum absolute atomic E-state index is 12.9. The van der Waals surface area contributed by atoms with E-state index in [1.807, 2.05) is 0 Å². The molecule has 0 rings (SSSR count). The molecule has 0 spiro atoms. The lowest BCUT2D eigenvalue weighted by Crippen LogP contribution is -2.30. The summed E-state index contributed by atoms with van der Waals surface area (Å²) in [6, 6.07) is 0. The number of carbonyl (C=O) groups is 3. The van der Waals surface area contributed by atoms with Crippen LogP contribution in [0.5, 0.6) is 0 Å². The van der Waals surface area contributed by atoms with Crippen molar-refractivity contribution in [2.75, 3.05) is 13.2 Å². The van der Waals surface area contributed by atoms with Crippen LogP contribution in [0.15, 0.2) is 146 Å². The number of unbranched alkanes of at least 4 members (excludes halogenated alkanes) is 18. The highest BCUT2D eigenvalue weighted by Crippen LogP contribution is 2.14. The van der Waals surface area contributed by atoms with Crippen molar-refractivity contribution >= 4 is 17.9 Å². The molecule has 0 aromatic rings. The van der Waals surface area contributed by atoms with Crippen molar-refractivity contribution in [2.45, 2.75) is 258 Å². The predicted octanol–water partition coefficient (Wildman–Crippen LogP) is 20.8. The number of hydrogen-bond donors (Lipinski definition) is 0. The molecule has 0 aliphatic rings. The summed E-state index contributed by atoms with van der Waals surface area (Å²) in [7, 11) is 0. The highest BCUT2D eigenvalue weighted by Gasteiger charge is 2.19. The van der Waals surface area contributed by atoms with Gasteiger partial charge < -0.3 is 14.2 Å². The van der Waals surface area contributed by atoms with Crippen molar-refractivity contribution in [1.29, 1.82) is 0 Å². The van der Waals surface area contributed by atoms with Gasteiger partial charge in [-0.25, -0.2) is 0 Å². The Morgan fingerprint density at radius 2 is 0.520 bits per heavy atom. The molecule has 75 heavy (non-hydrogen) atoms. The van der Waals surface area contributed by atoms with Crippen molar-refractivity contribution in [3.63, 3.8) is 0 Å². The van der Waals surface area contributed by atoms with Crippen LogP contribution in [0, 0.1) is 0 Å². The summed E-state index contributed by atoms with van der Waals surface area (Å²) in [6.45, 7) is 6.33. The zero-order valence-electron chi connectivity index (χ0n) is 48.3. The highest BCUT2D eigenvalue weighted by molar-refractivity contribution is 5.71. The Bertz CT molecular complexity index is 1660. The minimum absolute atomic E-state index is 0.0997. The van der Waals surface area contributed by atoms with Crippen molar-refractivity contribution in [3.8, 4) is 0 Å². The molecule has 0 heterocycles. The Hall–Kier alpha value is -4.71. The second-order valence-electron chi connectivity index (χ2n) is 19.5. The molecule has 0 aliphatic heterocycles. The maximum Gasteiger partial charge on any atom is 0.306 e. The number of rotatable bonds is 53.